The maximum atomic E-state index is 11.5. The standard InChI is InChI=1S/C15H21N5O.C2HF3O2/c1-12-8-15-16-9-14(11-20(15)17-12)10-18-4-3-5-19(7-6-18)13(2)21;3-2(4,5)1(6)7/h8-9,11H,3-7,10H2,1-2H3;(H,6,7). The Bertz CT molecular complexity index is 837. The first-order valence-electron chi connectivity index (χ1n) is 8.65. The summed E-state index contributed by atoms with van der Waals surface area (Å²) in [4.78, 5) is 29.1. The van der Waals surface area contributed by atoms with Crippen molar-refractivity contribution in [2.75, 3.05) is 26.2 Å². The molecule has 0 atom stereocenters. The van der Waals surface area contributed by atoms with Gasteiger partial charge in [0.1, 0.15) is 0 Å². The molecule has 1 aliphatic heterocycles. The van der Waals surface area contributed by atoms with Crippen LogP contribution in [0.15, 0.2) is 18.5 Å². The molecule has 0 spiro atoms. The maximum absolute atomic E-state index is 11.5. The lowest BCUT2D eigenvalue weighted by atomic mass is 10.3. The number of rotatable bonds is 2. The van der Waals surface area contributed by atoms with Crippen molar-refractivity contribution in [3.05, 3.63) is 29.7 Å². The van der Waals surface area contributed by atoms with Gasteiger partial charge in [-0.3, -0.25) is 9.69 Å². The average Bonchev–Trinajstić information content (AvgIpc) is 2.80. The highest BCUT2D eigenvalue weighted by molar-refractivity contribution is 5.73. The molecule has 11 heteroatoms. The number of fused-ring (bicyclic) bond motifs is 1. The molecule has 1 aliphatic rings. The van der Waals surface area contributed by atoms with Crippen molar-refractivity contribution in [3.8, 4) is 0 Å². The number of halogens is 3. The van der Waals surface area contributed by atoms with Crippen LogP contribution in [-0.2, 0) is 16.1 Å². The Kier molecular flexibility index (Phi) is 6.95. The zero-order valence-electron chi connectivity index (χ0n) is 15.6. The fourth-order valence-corrected chi connectivity index (χ4v) is 2.82. The van der Waals surface area contributed by atoms with Gasteiger partial charge in [-0.2, -0.15) is 18.3 Å². The van der Waals surface area contributed by atoms with Crippen LogP contribution >= 0.6 is 0 Å². The smallest absolute Gasteiger partial charge is 0.475 e. The lowest BCUT2D eigenvalue weighted by Gasteiger charge is -2.20. The number of carboxylic acid groups (broad SMARTS) is 1. The summed E-state index contributed by atoms with van der Waals surface area (Å²) in [6.07, 6.45) is -0.0941. The van der Waals surface area contributed by atoms with E-state index in [1.165, 1.54) is 0 Å². The highest BCUT2D eigenvalue weighted by Gasteiger charge is 2.38. The summed E-state index contributed by atoms with van der Waals surface area (Å²) < 4.78 is 33.6. The van der Waals surface area contributed by atoms with Crippen LogP contribution < -0.4 is 0 Å². The second-order valence-electron chi connectivity index (χ2n) is 6.49. The van der Waals surface area contributed by atoms with Crippen molar-refractivity contribution in [2.24, 2.45) is 0 Å². The predicted octanol–water partition coefficient (Wildman–Crippen LogP) is 1.73. The van der Waals surface area contributed by atoms with E-state index in [4.69, 9.17) is 9.90 Å². The van der Waals surface area contributed by atoms with Gasteiger partial charge in [0.05, 0.1) is 5.69 Å². The van der Waals surface area contributed by atoms with Crippen LogP contribution in [-0.4, -0.2) is 73.7 Å². The molecule has 0 aliphatic carbocycles. The van der Waals surface area contributed by atoms with Crippen molar-refractivity contribution in [2.45, 2.75) is 33.0 Å². The van der Waals surface area contributed by atoms with E-state index >= 15 is 0 Å². The molecule has 154 valence electrons. The molecule has 1 fully saturated rings. The lowest BCUT2D eigenvalue weighted by molar-refractivity contribution is -0.192. The number of hydrogen-bond donors (Lipinski definition) is 1. The van der Waals surface area contributed by atoms with Gasteiger partial charge in [-0.1, -0.05) is 0 Å². The Hall–Kier alpha value is -2.69. The third-order valence-corrected chi connectivity index (χ3v) is 4.17. The summed E-state index contributed by atoms with van der Waals surface area (Å²) in [6.45, 7) is 8.07. The Morgan fingerprint density at radius 3 is 2.50 bits per heavy atom. The molecule has 3 heterocycles. The Balaban J connectivity index is 0.000000345. The number of hydrogen-bond acceptors (Lipinski definition) is 5. The quantitative estimate of drug-likeness (QED) is 0.824. The number of amides is 1. The highest BCUT2D eigenvalue weighted by Crippen LogP contribution is 2.13. The predicted molar refractivity (Wildman–Crippen MR) is 93.6 cm³/mol. The van der Waals surface area contributed by atoms with Crippen LogP contribution in [0.5, 0.6) is 0 Å². The van der Waals surface area contributed by atoms with Gasteiger partial charge in [0.15, 0.2) is 5.65 Å². The number of carbonyl (C=O) groups is 2. The number of aliphatic carboxylic acids is 1. The first-order chi connectivity index (χ1) is 13.1. The molecule has 1 saturated heterocycles. The molecule has 2 aromatic heterocycles. The molecular formula is C17H22F3N5O3. The van der Waals surface area contributed by atoms with E-state index in [0.29, 0.717) is 0 Å². The van der Waals surface area contributed by atoms with Gasteiger partial charge in [-0.25, -0.2) is 14.3 Å². The maximum Gasteiger partial charge on any atom is 0.490 e. The highest BCUT2D eigenvalue weighted by atomic mass is 19.4. The van der Waals surface area contributed by atoms with Crippen LogP contribution in [0.2, 0.25) is 0 Å². The van der Waals surface area contributed by atoms with Crippen LogP contribution in [0, 0.1) is 6.92 Å². The topological polar surface area (TPSA) is 91.0 Å². The Morgan fingerprint density at radius 1 is 1.21 bits per heavy atom. The van der Waals surface area contributed by atoms with E-state index in [1.54, 1.807) is 6.92 Å². The fraction of sp³-hybridized carbons (Fsp3) is 0.529. The molecule has 3 rings (SSSR count). The van der Waals surface area contributed by atoms with E-state index in [0.717, 1.165) is 56.0 Å². The van der Waals surface area contributed by atoms with Gasteiger partial charge in [-0.15, -0.1) is 0 Å². The minimum absolute atomic E-state index is 0.173. The van der Waals surface area contributed by atoms with Gasteiger partial charge < -0.3 is 10.0 Å². The second kappa shape index (κ2) is 9.00. The number of aromatic nitrogens is 3. The molecule has 0 saturated carbocycles. The first kappa shape index (κ1) is 21.6. The van der Waals surface area contributed by atoms with E-state index < -0.39 is 12.1 Å². The molecule has 0 unspecified atom stereocenters. The van der Waals surface area contributed by atoms with Gasteiger partial charge in [0.2, 0.25) is 5.91 Å². The Labute approximate surface area is 159 Å². The summed E-state index contributed by atoms with van der Waals surface area (Å²) in [5.74, 6) is -2.58. The molecule has 8 nitrogen and oxygen atoms in total. The number of nitrogens with zero attached hydrogens (tertiary/aromatic N) is 5. The van der Waals surface area contributed by atoms with Gasteiger partial charge in [-0.05, 0) is 13.3 Å². The van der Waals surface area contributed by atoms with Crippen molar-refractivity contribution >= 4 is 17.5 Å². The summed E-state index contributed by atoms with van der Waals surface area (Å²) in [7, 11) is 0. The minimum Gasteiger partial charge on any atom is -0.475 e. The van der Waals surface area contributed by atoms with Crippen LogP contribution in [0.25, 0.3) is 5.65 Å². The zero-order valence-corrected chi connectivity index (χ0v) is 15.6. The van der Waals surface area contributed by atoms with Crippen molar-refractivity contribution in [3.63, 3.8) is 0 Å². The van der Waals surface area contributed by atoms with Gasteiger partial charge >= 0.3 is 12.1 Å². The van der Waals surface area contributed by atoms with E-state index in [2.05, 4.69) is 15.0 Å². The molecule has 2 aromatic rings. The third-order valence-electron chi connectivity index (χ3n) is 4.17. The molecular weight excluding hydrogens is 379 g/mol. The summed E-state index contributed by atoms with van der Waals surface area (Å²) in [5.41, 5.74) is 3.02. The largest absolute Gasteiger partial charge is 0.490 e. The molecule has 0 aromatic carbocycles. The zero-order chi connectivity index (χ0) is 20.9. The normalized spacial score (nSPS) is 15.7. The number of carboxylic acids is 1. The molecule has 1 amide bonds. The first-order valence-corrected chi connectivity index (χ1v) is 8.65. The third kappa shape index (κ3) is 6.19. The van der Waals surface area contributed by atoms with Crippen molar-refractivity contribution in [1.82, 2.24) is 24.4 Å². The number of carbonyl (C=O) groups excluding carboxylic acids is 1. The van der Waals surface area contributed by atoms with Gasteiger partial charge in [0.25, 0.3) is 0 Å². The summed E-state index contributed by atoms with van der Waals surface area (Å²) in [6, 6.07) is 1.97. The summed E-state index contributed by atoms with van der Waals surface area (Å²) >= 11 is 0. The van der Waals surface area contributed by atoms with E-state index in [-0.39, 0.29) is 5.91 Å². The second-order valence-corrected chi connectivity index (χ2v) is 6.49. The molecule has 1 N–H and O–H groups in total. The average molecular weight is 401 g/mol. The van der Waals surface area contributed by atoms with Gasteiger partial charge in [0, 0.05) is 63.7 Å². The van der Waals surface area contributed by atoms with Crippen LogP contribution in [0.3, 0.4) is 0 Å². The molecule has 0 bridgehead atoms. The number of alkyl halides is 3. The SMILES string of the molecule is CC(=O)N1CCCN(Cc2cnc3cc(C)nn3c2)CC1.O=C(O)C(F)(F)F. The lowest BCUT2D eigenvalue weighted by Crippen LogP contribution is -2.33. The fourth-order valence-electron chi connectivity index (χ4n) is 2.82. The summed E-state index contributed by atoms with van der Waals surface area (Å²) in [5, 5.41) is 11.5. The van der Waals surface area contributed by atoms with Crippen molar-refractivity contribution < 1.29 is 27.9 Å². The van der Waals surface area contributed by atoms with Crippen LogP contribution in [0.1, 0.15) is 24.6 Å². The van der Waals surface area contributed by atoms with E-state index in [9.17, 15) is 18.0 Å². The monoisotopic (exact) mass is 401 g/mol. The molecule has 28 heavy (non-hydrogen) atoms. The number of aryl methyl sites for hydroxylation is 1. The van der Waals surface area contributed by atoms with E-state index in [1.807, 2.05) is 34.8 Å². The van der Waals surface area contributed by atoms with Crippen molar-refractivity contribution in [1.29, 1.82) is 0 Å². The minimum atomic E-state index is -5.08. The molecule has 0 radical (unpaired) electrons. The van der Waals surface area contributed by atoms with Crippen LogP contribution in [0.4, 0.5) is 13.2 Å². The Morgan fingerprint density at radius 2 is 1.89 bits per heavy atom.